The average Bonchev–Trinajstić information content (AvgIpc) is 3.21. The van der Waals surface area contributed by atoms with Crippen LogP contribution in [0.4, 0.5) is 10.5 Å². The lowest BCUT2D eigenvalue weighted by molar-refractivity contribution is -0.645. The lowest BCUT2D eigenvalue weighted by Crippen LogP contribution is -2.32. The number of carbonyl (C=O) groups is 1. The second kappa shape index (κ2) is 17.2. The largest absolute Gasteiger partial charge is 0.618 e. The van der Waals surface area contributed by atoms with Gasteiger partial charge in [0.05, 0.1) is 18.8 Å². The monoisotopic (exact) mass is 725 g/mol. The summed E-state index contributed by atoms with van der Waals surface area (Å²) in [5.41, 5.74) is 6.27. The van der Waals surface area contributed by atoms with Gasteiger partial charge in [-0.15, -0.1) is 0 Å². The summed E-state index contributed by atoms with van der Waals surface area (Å²) in [6.45, 7) is 0.311. The third kappa shape index (κ3) is 9.62. The van der Waals surface area contributed by atoms with Gasteiger partial charge in [-0.2, -0.15) is 4.73 Å². The van der Waals surface area contributed by atoms with Crippen LogP contribution in [0.5, 0.6) is 11.5 Å². The van der Waals surface area contributed by atoms with Crippen LogP contribution in [0, 0.1) is 5.21 Å². The van der Waals surface area contributed by atoms with Gasteiger partial charge in [0.15, 0.2) is 12.5 Å². The molecule has 1 fully saturated rings. The van der Waals surface area contributed by atoms with Crippen LogP contribution in [0.1, 0.15) is 41.1 Å². The number of aliphatic hydroxyl groups excluding tert-OH is 1. The number of nitrogens with zero attached hydrogens (tertiary/aromatic N) is 1. The Bertz CT molecular complexity index is 2110. The third-order valence-electron chi connectivity index (χ3n) is 8.78. The first-order valence-electron chi connectivity index (χ1n) is 17.4. The van der Waals surface area contributed by atoms with E-state index < -0.39 is 6.29 Å². The summed E-state index contributed by atoms with van der Waals surface area (Å²) in [4.78, 5) is 12.8. The van der Waals surface area contributed by atoms with Gasteiger partial charge in [0.2, 0.25) is 0 Å². The van der Waals surface area contributed by atoms with E-state index in [2.05, 4.69) is 22.8 Å². The molecule has 2 amide bonds. The summed E-state index contributed by atoms with van der Waals surface area (Å²) in [5, 5.41) is 28.3. The Morgan fingerprint density at radius 1 is 0.774 bits per heavy atom. The van der Waals surface area contributed by atoms with E-state index in [-0.39, 0.29) is 24.8 Å². The van der Waals surface area contributed by atoms with E-state index in [9.17, 15) is 15.1 Å². The summed E-state index contributed by atoms with van der Waals surface area (Å²) >= 11 is 1.46. The molecule has 3 N–H and O–H groups in total. The highest BCUT2D eigenvalue weighted by molar-refractivity contribution is 7.99. The lowest BCUT2D eigenvalue weighted by Gasteiger charge is -2.36. The molecule has 10 heteroatoms. The molecule has 0 spiro atoms. The molecule has 1 aliphatic rings. The van der Waals surface area contributed by atoms with E-state index in [1.807, 2.05) is 109 Å². The molecule has 9 nitrogen and oxygen atoms in total. The van der Waals surface area contributed by atoms with Crippen LogP contribution in [-0.4, -0.2) is 23.0 Å². The smallest absolute Gasteiger partial charge is 0.319 e. The molecule has 268 valence electrons. The highest BCUT2D eigenvalue weighted by Crippen LogP contribution is 2.40. The Hall–Kier alpha value is -5.65. The minimum Gasteiger partial charge on any atom is -0.618 e. The lowest BCUT2D eigenvalue weighted by atomic mass is 9.99. The second-order valence-electron chi connectivity index (χ2n) is 12.6. The number of para-hydroxylation sites is 1. The van der Waals surface area contributed by atoms with Crippen molar-refractivity contribution in [3.05, 3.63) is 179 Å². The molecule has 1 saturated heterocycles. The predicted molar refractivity (Wildman–Crippen MR) is 205 cm³/mol. The van der Waals surface area contributed by atoms with Gasteiger partial charge in [-0.3, -0.25) is 0 Å². The Morgan fingerprint density at radius 2 is 1.51 bits per heavy atom. The van der Waals surface area contributed by atoms with Crippen LogP contribution in [-0.2, 0) is 22.6 Å². The normalized spacial score (nSPS) is 16.8. The molecule has 0 saturated carbocycles. The zero-order valence-corrected chi connectivity index (χ0v) is 29.7. The molecule has 53 heavy (non-hydrogen) atoms. The molecule has 6 aromatic rings. The standard InChI is InChI=1S/C43H39N3O6S/c47-28-30-15-17-32(18-16-30)40-26-39(29-53-41-14-4-5-23-46(41)49)51-42(52-40)35-11-7-10-34(25-35)33-9-6-8-31(24-33)27-44-43(48)45-36-19-21-38(22-20-36)50-37-12-2-1-3-13-37/h1-25,39-40,42,47H,26-29H2,(H2,44,45,48)/t39-,40+,42+/m1/s1. The molecule has 5 aromatic carbocycles. The number of hydrogen-bond acceptors (Lipinski definition) is 7. The van der Waals surface area contributed by atoms with E-state index in [1.165, 1.54) is 18.0 Å². The predicted octanol–water partition coefficient (Wildman–Crippen LogP) is 8.93. The van der Waals surface area contributed by atoms with E-state index in [0.29, 0.717) is 35.2 Å². The van der Waals surface area contributed by atoms with Crippen molar-refractivity contribution < 1.29 is 28.8 Å². The summed E-state index contributed by atoms with van der Waals surface area (Å²) < 4.78 is 19.8. The first kappa shape index (κ1) is 35.7. The van der Waals surface area contributed by atoms with Crippen molar-refractivity contribution in [2.45, 2.75) is 43.1 Å². The minimum atomic E-state index is -0.639. The van der Waals surface area contributed by atoms with Gasteiger partial charge >= 0.3 is 6.03 Å². The van der Waals surface area contributed by atoms with Crippen molar-refractivity contribution in [2.75, 3.05) is 11.1 Å². The number of hydrogen-bond donors (Lipinski definition) is 3. The third-order valence-corrected chi connectivity index (χ3v) is 9.93. The molecule has 1 aliphatic heterocycles. The van der Waals surface area contributed by atoms with Gasteiger partial charge in [-0.05, 0) is 82.4 Å². The topological polar surface area (TPSA) is 116 Å². The number of thioether (sulfide) groups is 1. The number of pyridine rings is 1. The summed E-state index contributed by atoms with van der Waals surface area (Å²) in [7, 11) is 0. The first-order valence-corrected chi connectivity index (χ1v) is 18.4. The van der Waals surface area contributed by atoms with Crippen LogP contribution >= 0.6 is 11.8 Å². The van der Waals surface area contributed by atoms with Crippen molar-refractivity contribution >= 4 is 23.5 Å². The fourth-order valence-electron chi connectivity index (χ4n) is 6.04. The van der Waals surface area contributed by atoms with Crippen molar-refractivity contribution in [2.24, 2.45) is 0 Å². The van der Waals surface area contributed by atoms with Gasteiger partial charge < -0.3 is 35.2 Å². The van der Waals surface area contributed by atoms with E-state index in [4.69, 9.17) is 14.2 Å². The van der Waals surface area contributed by atoms with Crippen LogP contribution in [0.25, 0.3) is 11.1 Å². The van der Waals surface area contributed by atoms with Gasteiger partial charge in [-0.1, -0.05) is 90.6 Å². The molecule has 0 bridgehead atoms. The fourth-order valence-corrected chi connectivity index (χ4v) is 6.97. The number of aliphatic hydroxyl groups is 1. The highest BCUT2D eigenvalue weighted by atomic mass is 32.2. The number of nitrogens with one attached hydrogen (secondary N) is 2. The number of aromatic nitrogens is 1. The van der Waals surface area contributed by atoms with E-state index in [0.717, 1.165) is 43.9 Å². The number of rotatable bonds is 12. The number of benzene rings is 5. The molecule has 0 unspecified atom stereocenters. The van der Waals surface area contributed by atoms with Crippen LogP contribution in [0.3, 0.4) is 0 Å². The Labute approximate surface area is 312 Å². The van der Waals surface area contributed by atoms with Crippen LogP contribution in [0.2, 0.25) is 0 Å². The maximum Gasteiger partial charge on any atom is 0.319 e. The molecule has 3 atom stereocenters. The maximum atomic E-state index is 12.8. The van der Waals surface area contributed by atoms with Gasteiger partial charge in [0, 0.05) is 42.1 Å². The summed E-state index contributed by atoms with van der Waals surface area (Å²) in [6.07, 6.45) is 1.04. The van der Waals surface area contributed by atoms with Gasteiger partial charge in [0.1, 0.15) is 11.5 Å². The molecule has 7 rings (SSSR count). The average molecular weight is 726 g/mol. The zero-order valence-electron chi connectivity index (χ0n) is 28.8. The van der Waals surface area contributed by atoms with Gasteiger partial charge in [-0.25, -0.2) is 4.79 Å². The van der Waals surface area contributed by atoms with E-state index in [1.54, 1.807) is 24.3 Å². The van der Waals surface area contributed by atoms with Crippen molar-refractivity contribution in [3.63, 3.8) is 0 Å². The number of anilines is 1. The molecular formula is C43H39N3O6S. The van der Waals surface area contributed by atoms with E-state index >= 15 is 0 Å². The zero-order chi connectivity index (χ0) is 36.4. The van der Waals surface area contributed by atoms with Crippen molar-refractivity contribution in [1.29, 1.82) is 0 Å². The number of urea groups is 1. The summed E-state index contributed by atoms with van der Waals surface area (Å²) in [6, 6.07) is 45.7. The second-order valence-corrected chi connectivity index (χ2v) is 13.6. The molecule has 0 aliphatic carbocycles. The number of amides is 2. The SMILES string of the molecule is O=C(NCc1cccc(-c2cccc([C@H]3O[C@@H](CSc4cccc[n+]4[O-])C[C@@H](c4ccc(CO)cc4)O3)c2)c1)Nc1ccc(Oc2ccccc2)cc1. The Balaban J connectivity index is 1.01. The molecule has 2 heterocycles. The summed E-state index contributed by atoms with van der Waals surface area (Å²) in [5.74, 6) is 2.00. The van der Waals surface area contributed by atoms with Crippen molar-refractivity contribution in [3.8, 4) is 22.6 Å². The highest BCUT2D eigenvalue weighted by Gasteiger charge is 2.33. The minimum absolute atomic E-state index is 0.0270. The quantitative estimate of drug-likeness (QED) is 0.0656. The maximum absolute atomic E-state index is 12.8. The Kier molecular flexibility index (Phi) is 11.6. The first-order chi connectivity index (χ1) is 26.0. The van der Waals surface area contributed by atoms with Gasteiger partial charge in [0.25, 0.3) is 5.03 Å². The van der Waals surface area contributed by atoms with Crippen LogP contribution < -0.4 is 20.1 Å². The molecule has 1 aromatic heterocycles. The number of ether oxygens (including phenoxy) is 3. The molecular weight excluding hydrogens is 687 g/mol. The van der Waals surface area contributed by atoms with Crippen molar-refractivity contribution in [1.82, 2.24) is 5.32 Å². The fraction of sp³-hybridized carbons (Fsp3) is 0.163. The number of carbonyl (C=O) groups excluding carboxylic acids is 1. The van der Waals surface area contributed by atoms with Crippen LogP contribution in [0.15, 0.2) is 157 Å². The Morgan fingerprint density at radius 3 is 2.28 bits per heavy atom. The molecule has 0 radical (unpaired) electrons.